The van der Waals surface area contributed by atoms with Crippen LogP contribution in [0.2, 0.25) is 0 Å². The van der Waals surface area contributed by atoms with Crippen LogP contribution in [0, 0.1) is 11.8 Å². The van der Waals surface area contributed by atoms with Crippen LogP contribution < -0.4 is 0 Å². The molecule has 0 saturated carbocycles. The van der Waals surface area contributed by atoms with Crippen molar-refractivity contribution in [2.24, 2.45) is 11.8 Å². The van der Waals surface area contributed by atoms with Gasteiger partial charge < -0.3 is 0 Å². The van der Waals surface area contributed by atoms with Gasteiger partial charge in [-0.2, -0.15) is 0 Å². The normalized spacial score (nSPS) is 35.1. The van der Waals surface area contributed by atoms with Gasteiger partial charge in [0.05, 0.1) is 0 Å². The molecular formula is C8H12O. The monoisotopic (exact) mass is 124 g/mol. The van der Waals surface area contributed by atoms with E-state index in [-0.39, 0.29) is 11.7 Å². The van der Waals surface area contributed by atoms with Crippen molar-refractivity contribution in [2.75, 3.05) is 0 Å². The molecule has 1 heteroatoms. The molecule has 2 unspecified atom stereocenters. The van der Waals surface area contributed by atoms with Crippen molar-refractivity contribution in [1.82, 2.24) is 0 Å². The lowest BCUT2D eigenvalue weighted by molar-refractivity contribution is -0.119. The van der Waals surface area contributed by atoms with Crippen LogP contribution in [0.15, 0.2) is 12.2 Å². The topological polar surface area (TPSA) is 17.1 Å². The predicted molar refractivity (Wildman–Crippen MR) is 37.1 cm³/mol. The van der Waals surface area contributed by atoms with E-state index in [2.05, 4.69) is 6.92 Å². The number of rotatable bonds is 0. The molecule has 2 atom stereocenters. The molecule has 0 aromatic carbocycles. The van der Waals surface area contributed by atoms with E-state index >= 15 is 0 Å². The quantitative estimate of drug-likeness (QED) is 0.481. The zero-order valence-electron chi connectivity index (χ0n) is 5.92. The summed E-state index contributed by atoms with van der Waals surface area (Å²) in [7, 11) is 0. The van der Waals surface area contributed by atoms with E-state index in [4.69, 9.17) is 0 Å². The predicted octanol–water partition coefficient (Wildman–Crippen LogP) is 1.79. The number of hydrogen-bond acceptors (Lipinski definition) is 1. The van der Waals surface area contributed by atoms with Crippen molar-refractivity contribution < 1.29 is 4.79 Å². The second kappa shape index (κ2) is 2.34. The van der Waals surface area contributed by atoms with Crippen molar-refractivity contribution >= 4 is 5.78 Å². The first-order valence-electron chi connectivity index (χ1n) is 3.42. The molecule has 0 aromatic rings. The molecular weight excluding hydrogens is 112 g/mol. The van der Waals surface area contributed by atoms with Gasteiger partial charge in [-0.1, -0.05) is 19.9 Å². The van der Waals surface area contributed by atoms with Crippen LogP contribution in [0.1, 0.15) is 20.3 Å². The highest BCUT2D eigenvalue weighted by Crippen LogP contribution is 2.20. The molecule has 0 radical (unpaired) electrons. The van der Waals surface area contributed by atoms with E-state index < -0.39 is 0 Å². The molecule has 0 aromatic heterocycles. The maximum Gasteiger partial charge on any atom is 0.158 e. The van der Waals surface area contributed by atoms with Gasteiger partial charge in [0.2, 0.25) is 0 Å². The first kappa shape index (κ1) is 6.53. The van der Waals surface area contributed by atoms with Crippen molar-refractivity contribution in [3.63, 3.8) is 0 Å². The average Bonchev–Trinajstić information content (AvgIpc) is 1.83. The fraction of sp³-hybridized carbons (Fsp3) is 0.625. The average molecular weight is 124 g/mol. The van der Waals surface area contributed by atoms with Gasteiger partial charge in [0.25, 0.3) is 0 Å². The molecule has 1 aliphatic rings. The number of allylic oxidation sites excluding steroid dienone is 2. The Kier molecular flexibility index (Phi) is 1.70. The Bertz CT molecular complexity index is 147. The first-order valence-corrected chi connectivity index (χ1v) is 3.42. The number of carbonyl (C=O) groups excluding carboxylic acids is 1. The summed E-state index contributed by atoms with van der Waals surface area (Å²) in [6, 6.07) is 0. The van der Waals surface area contributed by atoms with Crippen LogP contribution in [0.3, 0.4) is 0 Å². The summed E-state index contributed by atoms with van der Waals surface area (Å²) in [5.41, 5.74) is 0. The maximum absolute atomic E-state index is 10.9. The second-order valence-electron chi connectivity index (χ2n) is 2.81. The number of hydrogen-bond donors (Lipinski definition) is 0. The Balaban J connectivity index is 2.69. The maximum atomic E-state index is 10.9. The van der Waals surface area contributed by atoms with E-state index in [0.29, 0.717) is 5.92 Å². The Morgan fingerprint density at radius 3 is 2.67 bits per heavy atom. The minimum absolute atomic E-state index is 0.245. The SMILES string of the molecule is CC1CC=CC(=O)C1C. The van der Waals surface area contributed by atoms with Gasteiger partial charge in [0.15, 0.2) is 5.78 Å². The lowest BCUT2D eigenvalue weighted by Gasteiger charge is -2.18. The van der Waals surface area contributed by atoms with Crippen LogP contribution in [0.25, 0.3) is 0 Å². The van der Waals surface area contributed by atoms with E-state index in [9.17, 15) is 4.79 Å². The summed E-state index contributed by atoms with van der Waals surface area (Å²) in [6.07, 6.45) is 4.73. The molecule has 9 heavy (non-hydrogen) atoms. The van der Waals surface area contributed by atoms with Gasteiger partial charge in [-0.15, -0.1) is 0 Å². The molecule has 1 aliphatic carbocycles. The Morgan fingerprint density at radius 1 is 1.56 bits per heavy atom. The molecule has 50 valence electrons. The van der Waals surface area contributed by atoms with E-state index in [0.717, 1.165) is 6.42 Å². The Morgan fingerprint density at radius 2 is 2.22 bits per heavy atom. The Labute approximate surface area is 55.8 Å². The third-order valence-electron chi connectivity index (χ3n) is 2.09. The molecule has 0 heterocycles. The van der Waals surface area contributed by atoms with Gasteiger partial charge >= 0.3 is 0 Å². The van der Waals surface area contributed by atoms with Crippen LogP contribution in [0.5, 0.6) is 0 Å². The van der Waals surface area contributed by atoms with Gasteiger partial charge in [-0.3, -0.25) is 4.79 Å². The molecule has 1 nitrogen and oxygen atoms in total. The highest BCUT2D eigenvalue weighted by atomic mass is 16.1. The number of ketones is 1. The van der Waals surface area contributed by atoms with Crippen LogP contribution in [-0.4, -0.2) is 5.78 Å². The van der Waals surface area contributed by atoms with E-state index in [1.165, 1.54) is 0 Å². The largest absolute Gasteiger partial charge is 0.295 e. The molecule has 0 bridgehead atoms. The second-order valence-corrected chi connectivity index (χ2v) is 2.81. The summed E-state index contributed by atoms with van der Waals surface area (Å²) in [5.74, 6) is 1.08. The van der Waals surface area contributed by atoms with Gasteiger partial charge in [-0.25, -0.2) is 0 Å². The fourth-order valence-corrected chi connectivity index (χ4v) is 1.04. The summed E-state index contributed by atoms with van der Waals surface area (Å²) in [4.78, 5) is 10.9. The number of carbonyl (C=O) groups is 1. The minimum Gasteiger partial charge on any atom is -0.295 e. The third-order valence-corrected chi connectivity index (χ3v) is 2.09. The molecule has 0 amide bonds. The summed E-state index contributed by atoms with van der Waals surface area (Å²) in [6.45, 7) is 4.11. The highest BCUT2D eigenvalue weighted by molar-refractivity contribution is 5.92. The van der Waals surface area contributed by atoms with E-state index in [1.54, 1.807) is 6.08 Å². The van der Waals surface area contributed by atoms with Crippen LogP contribution in [-0.2, 0) is 4.79 Å². The molecule has 0 aliphatic heterocycles. The molecule has 0 spiro atoms. The summed E-state index contributed by atoms with van der Waals surface area (Å²) in [5, 5.41) is 0. The fourth-order valence-electron chi connectivity index (χ4n) is 1.04. The molecule has 0 saturated heterocycles. The van der Waals surface area contributed by atoms with Crippen molar-refractivity contribution in [3.05, 3.63) is 12.2 Å². The Hall–Kier alpha value is -0.590. The zero-order chi connectivity index (χ0) is 6.85. The minimum atomic E-state index is 0.245. The first-order chi connectivity index (χ1) is 4.22. The van der Waals surface area contributed by atoms with Crippen molar-refractivity contribution in [2.45, 2.75) is 20.3 Å². The molecule has 1 rings (SSSR count). The van der Waals surface area contributed by atoms with Gasteiger partial charge in [0, 0.05) is 5.92 Å². The zero-order valence-corrected chi connectivity index (χ0v) is 5.92. The van der Waals surface area contributed by atoms with Crippen LogP contribution in [0.4, 0.5) is 0 Å². The molecule has 0 fully saturated rings. The van der Waals surface area contributed by atoms with Crippen molar-refractivity contribution in [3.8, 4) is 0 Å². The molecule has 0 N–H and O–H groups in total. The summed E-state index contributed by atoms with van der Waals surface area (Å²) < 4.78 is 0. The van der Waals surface area contributed by atoms with Crippen molar-refractivity contribution in [1.29, 1.82) is 0 Å². The smallest absolute Gasteiger partial charge is 0.158 e. The van der Waals surface area contributed by atoms with Crippen LogP contribution >= 0.6 is 0 Å². The van der Waals surface area contributed by atoms with E-state index in [1.807, 2.05) is 13.0 Å². The van der Waals surface area contributed by atoms with Gasteiger partial charge in [0.1, 0.15) is 0 Å². The standard InChI is InChI=1S/C8H12O/c1-6-4-3-5-8(9)7(6)2/h3,5-7H,4H2,1-2H3. The highest BCUT2D eigenvalue weighted by Gasteiger charge is 2.19. The lowest BCUT2D eigenvalue weighted by atomic mass is 9.85. The summed E-state index contributed by atoms with van der Waals surface area (Å²) >= 11 is 0. The van der Waals surface area contributed by atoms with Gasteiger partial charge in [-0.05, 0) is 18.4 Å². The third kappa shape index (κ3) is 1.21. The lowest BCUT2D eigenvalue weighted by Crippen LogP contribution is -2.19.